The van der Waals surface area contributed by atoms with Crippen molar-refractivity contribution in [1.29, 1.82) is 0 Å². The minimum Gasteiger partial charge on any atom is -0.480 e. The van der Waals surface area contributed by atoms with Gasteiger partial charge in [-0.1, -0.05) is 6.92 Å². The normalized spacial score (nSPS) is 15.6. The van der Waals surface area contributed by atoms with Gasteiger partial charge in [0, 0.05) is 13.0 Å². The first-order valence-electron chi connectivity index (χ1n) is 6.53. The van der Waals surface area contributed by atoms with Gasteiger partial charge in [-0.15, -0.1) is 0 Å². The van der Waals surface area contributed by atoms with E-state index in [2.05, 4.69) is 5.32 Å². The Balaban J connectivity index is 4.97. The van der Waals surface area contributed by atoms with E-state index >= 15 is 0 Å². The van der Waals surface area contributed by atoms with Gasteiger partial charge in [0.1, 0.15) is 11.3 Å². The van der Waals surface area contributed by atoms with E-state index in [1.165, 1.54) is 6.92 Å². The van der Waals surface area contributed by atoms with Crippen LogP contribution in [0.1, 0.15) is 34.1 Å². The van der Waals surface area contributed by atoms with E-state index in [-0.39, 0.29) is 6.04 Å². The molecule has 0 rings (SSSR count). The maximum Gasteiger partial charge on any atom is 0.327 e. The molecule has 0 aromatic carbocycles. The molecule has 0 bridgehead atoms. The standard InChI is InChI=1S/C12H22N2O6S/c1-5-7(2)13-11(16)8(3)21(19,20)6-10(12(17)18)14-9(4)15/h7-8,10H,5-6H2,1-4H3,(H,13,16)(H,14,15)(H,17,18). The summed E-state index contributed by atoms with van der Waals surface area (Å²) in [5, 5.41) is 12.1. The molecule has 3 atom stereocenters. The third kappa shape index (κ3) is 6.56. The Morgan fingerprint density at radius 3 is 2.05 bits per heavy atom. The van der Waals surface area contributed by atoms with Gasteiger partial charge in [-0.3, -0.25) is 9.59 Å². The number of aliphatic carboxylic acids is 1. The van der Waals surface area contributed by atoms with Crippen molar-refractivity contribution in [1.82, 2.24) is 10.6 Å². The Bertz CT molecular complexity index is 502. The number of rotatable bonds is 8. The molecular weight excluding hydrogens is 300 g/mol. The van der Waals surface area contributed by atoms with E-state index in [0.717, 1.165) is 6.92 Å². The second-order valence-electron chi connectivity index (χ2n) is 4.88. The third-order valence-electron chi connectivity index (χ3n) is 2.98. The first-order valence-corrected chi connectivity index (χ1v) is 8.24. The molecular formula is C12H22N2O6S. The Labute approximate surface area is 124 Å². The van der Waals surface area contributed by atoms with E-state index in [1.54, 1.807) is 6.92 Å². The molecule has 0 aromatic heterocycles. The van der Waals surface area contributed by atoms with E-state index in [9.17, 15) is 22.8 Å². The fourth-order valence-electron chi connectivity index (χ4n) is 1.42. The van der Waals surface area contributed by atoms with Crippen LogP contribution < -0.4 is 10.6 Å². The van der Waals surface area contributed by atoms with Crippen molar-refractivity contribution >= 4 is 27.6 Å². The molecule has 21 heavy (non-hydrogen) atoms. The second kappa shape index (κ2) is 7.96. The average Bonchev–Trinajstić information content (AvgIpc) is 2.35. The Morgan fingerprint density at radius 2 is 1.67 bits per heavy atom. The molecule has 8 nitrogen and oxygen atoms in total. The Morgan fingerprint density at radius 1 is 1.14 bits per heavy atom. The topological polar surface area (TPSA) is 130 Å². The molecule has 9 heteroatoms. The summed E-state index contributed by atoms with van der Waals surface area (Å²) < 4.78 is 24.1. The van der Waals surface area contributed by atoms with Crippen LogP contribution in [0.5, 0.6) is 0 Å². The number of nitrogens with one attached hydrogen (secondary N) is 2. The van der Waals surface area contributed by atoms with Crippen LogP contribution in [-0.2, 0) is 24.2 Å². The monoisotopic (exact) mass is 322 g/mol. The number of carboxylic acids is 1. The molecule has 0 saturated heterocycles. The quantitative estimate of drug-likeness (QED) is 0.541. The molecule has 0 fully saturated rings. The van der Waals surface area contributed by atoms with Gasteiger partial charge in [-0.05, 0) is 20.3 Å². The highest BCUT2D eigenvalue weighted by molar-refractivity contribution is 7.92. The molecule has 0 spiro atoms. The maximum absolute atomic E-state index is 12.1. The maximum atomic E-state index is 12.1. The van der Waals surface area contributed by atoms with Crippen molar-refractivity contribution in [2.75, 3.05) is 5.75 Å². The van der Waals surface area contributed by atoms with Crippen molar-refractivity contribution in [3.63, 3.8) is 0 Å². The summed E-state index contributed by atoms with van der Waals surface area (Å²) in [6, 6.07) is -1.76. The van der Waals surface area contributed by atoms with Crippen LogP contribution in [0.3, 0.4) is 0 Å². The summed E-state index contributed by atoms with van der Waals surface area (Å²) in [5.41, 5.74) is 0. The van der Waals surface area contributed by atoms with Crippen molar-refractivity contribution < 1.29 is 27.9 Å². The lowest BCUT2D eigenvalue weighted by Gasteiger charge is -2.19. The van der Waals surface area contributed by atoms with Crippen molar-refractivity contribution in [3.8, 4) is 0 Å². The van der Waals surface area contributed by atoms with Gasteiger partial charge in [0.05, 0.1) is 5.75 Å². The molecule has 3 N–H and O–H groups in total. The molecule has 0 heterocycles. The van der Waals surface area contributed by atoms with Crippen LogP contribution in [0, 0.1) is 0 Å². The lowest BCUT2D eigenvalue weighted by Crippen LogP contribution is -2.49. The number of hydrogen-bond donors (Lipinski definition) is 3. The summed E-state index contributed by atoms with van der Waals surface area (Å²) in [7, 11) is -4.01. The molecule has 0 radical (unpaired) electrons. The molecule has 122 valence electrons. The minimum absolute atomic E-state index is 0.180. The highest BCUT2D eigenvalue weighted by atomic mass is 32.2. The minimum atomic E-state index is -4.01. The zero-order chi connectivity index (χ0) is 16.8. The number of carboxylic acid groups (broad SMARTS) is 1. The number of hydrogen-bond acceptors (Lipinski definition) is 5. The highest BCUT2D eigenvalue weighted by Crippen LogP contribution is 2.06. The lowest BCUT2D eigenvalue weighted by atomic mass is 10.2. The number of sulfone groups is 1. The first kappa shape index (κ1) is 19.4. The molecule has 3 unspecified atom stereocenters. The SMILES string of the molecule is CCC(C)NC(=O)C(C)S(=O)(=O)CC(NC(C)=O)C(=O)O. The smallest absolute Gasteiger partial charge is 0.327 e. The number of carbonyl (C=O) groups excluding carboxylic acids is 2. The molecule has 0 aliphatic rings. The van der Waals surface area contributed by atoms with Gasteiger partial charge < -0.3 is 15.7 Å². The van der Waals surface area contributed by atoms with Crippen molar-refractivity contribution in [3.05, 3.63) is 0 Å². The predicted molar refractivity (Wildman–Crippen MR) is 76.4 cm³/mol. The second-order valence-corrected chi connectivity index (χ2v) is 7.25. The van der Waals surface area contributed by atoms with Crippen molar-refractivity contribution in [2.24, 2.45) is 0 Å². The number of carbonyl (C=O) groups is 3. The fourth-order valence-corrected chi connectivity index (χ4v) is 2.80. The summed E-state index contributed by atoms with van der Waals surface area (Å²) in [6.07, 6.45) is 0.641. The van der Waals surface area contributed by atoms with Crippen LogP contribution in [0.2, 0.25) is 0 Å². The van der Waals surface area contributed by atoms with Gasteiger partial charge in [-0.2, -0.15) is 0 Å². The zero-order valence-electron chi connectivity index (χ0n) is 12.5. The van der Waals surface area contributed by atoms with Gasteiger partial charge in [0.15, 0.2) is 9.84 Å². The van der Waals surface area contributed by atoms with Crippen LogP contribution in [0.25, 0.3) is 0 Å². The fraction of sp³-hybridized carbons (Fsp3) is 0.750. The summed E-state index contributed by atoms with van der Waals surface area (Å²) in [5.74, 6) is -3.65. The van der Waals surface area contributed by atoms with Gasteiger partial charge >= 0.3 is 5.97 Å². The Kier molecular flexibility index (Phi) is 7.34. The van der Waals surface area contributed by atoms with Crippen LogP contribution >= 0.6 is 0 Å². The van der Waals surface area contributed by atoms with E-state index in [0.29, 0.717) is 6.42 Å². The van der Waals surface area contributed by atoms with E-state index in [1.807, 2.05) is 12.2 Å². The largest absolute Gasteiger partial charge is 0.480 e. The lowest BCUT2D eigenvalue weighted by molar-refractivity contribution is -0.140. The number of amides is 2. The highest BCUT2D eigenvalue weighted by Gasteiger charge is 2.34. The predicted octanol–water partition coefficient (Wildman–Crippen LogP) is -0.706. The molecule has 0 aliphatic heterocycles. The first-order chi connectivity index (χ1) is 9.51. The summed E-state index contributed by atoms with van der Waals surface area (Å²) in [6.45, 7) is 5.84. The zero-order valence-corrected chi connectivity index (χ0v) is 13.4. The van der Waals surface area contributed by atoms with Crippen molar-refractivity contribution in [2.45, 2.75) is 51.4 Å². The molecule has 0 aromatic rings. The van der Waals surface area contributed by atoms with E-state index < -0.39 is 44.7 Å². The third-order valence-corrected chi connectivity index (χ3v) is 5.07. The van der Waals surface area contributed by atoms with E-state index in [4.69, 9.17) is 5.11 Å². The van der Waals surface area contributed by atoms with Gasteiger partial charge in [-0.25, -0.2) is 13.2 Å². The van der Waals surface area contributed by atoms with Crippen LogP contribution in [0.15, 0.2) is 0 Å². The van der Waals surface area contributed by atoms with Crippen LogP contribution in [0.4, 0.5) is 0 Å². The van der Waals surface area contributed by atoms with Gasteiger partial charge in [0.2, 0.25) is 11.8 Å². The Hall–Kier alpha value is -1.64. The molecule has 0 aliphatic carbocycles. The average molecular weight is 322 g/mol. The summed E-state index contributed by atoms with van der Waals surface area (Å²) >= 11 is 0. The van der Waals surface area contributed by atoms with Crippen LogP contribution in [-0.4, -0.2) is 54.4 Å². The molecule has 0 saturated carbocycles. The summed E-state index contributed by atoms with van der Waals surface area (Å²) in [4.78, 5) is 33.6. The van der Waals surface area contributed by atoms with Gasteiger partial charge in [0.25, 0.3) is 0 Å². The molecule has 2 amide bonds.